The zero-order valence-corrected chi connectivity index (χ0v) is 15.2. The Morgan fingerprint density at radius 3 is 1.96 bits per heavy atom. The van der Waals surface area contributed by atoms with Crippen LogP contribution >= 0.6 is 0 Å². The molecule has 0 saturated carbocycles. The largest absolute Gasteiger partial charge is 0.464 e. The molecule has 0 aliphatic carbocycles. The molecule has 0 heterocycles. The van der Waals surface area contributed by atoms with Crippen LogP contribution in [0.2, 0.25) is 0 Å². The lowest BCUT2D eigenvalue weighted by molar-refractivity contribution is -0.159. The predicted octanol–water partition coefficient (Wildman–Crippen LogP) is 1.19. The fourth-order valence-electron chi connectivity index (χ4n) is 2.11. The zero-order valence-electron chi connectivity index (χ0n) is 15.2. The van der Waals surface area contributed by atoms with E-state index in [0.717, 1.165) is 5.56 Å². The highest BCUT2D eigenvalue weighted by Crippen LogP contribution is 2.11. The van der Waals surface area contributed by atoms with Gasteiger partial charge in [0.05, 0.1) is 13.2 Å². The van der Waals surface area contributed by atoms with Gasteiger partial charge in [-0.1, -0.05) is 12.1 Å². The number of nitrogens with one attached hydrogen (secondary N) is 2. The summed E-state index contributed by atoms with van der Waals surface area (Å²) in [5.41, 5.74) is 1.54. The first-order valence-corrected chi connectivity index (χ1v) is 8.36. The van der Waals surface area contributed by atoms with E-state index in [9.17, 15) is 19.2 Å². The lowest BCUT2D eigenvalue weighted by Gasteiger charge is -2.15. The molecule has 0 aromatic heterocycles. The Hall–Kier alpha value is -2.90. The summed E-state index contributed by atoms with van der Waals surface area (Å²) in [6.45, 7) is 4.80. The first kappa shape index (κ1) is 21.1. The van der Waals surface area contributed by atoms with Gasteiger partial charge in [0, 0.05) is 19.0 Å². The first-order valence-electron chi connectivity index (χ1n) is 8.36. The van der Waals surface area contributed by atoms with Crippen molar-refractivity contribution < 1.29 is 28.7 Å². The van der Waals surface area contributed by atoms with Crippen LogP contribution in [0.1, 0.15) is 32.8 Å². The number of carbonyl (C=O) groups excluding carboxylic acids is 4. The van der Waals surface area contributed by atoms with E-state index >= 15 is 0 Å². The van der Waals surface area contributed by atoms with Crippen molar-refractivity contribution in [1.82, 2.24) is 5.32 Å². The summed E-state index contributed by atoms with van der Waals surface area (Å²) in [5, 5.41) is 5.00. The normalized spacial score (nSPS) is 10.2. The fraction of sp³-hybridized carbons (Fsp3) is 0.444. The van der Waals surface area contributed by atoms with Crippen LogP contribution in [-0.2, 0) is 35.1 Å². The second-order valence-corrected chi connectivity index (χ2v) is 5.38. The minimum absolute atomic E-state index is 0.0782. The second kappa shape index (κ2) is 10.9. The summed E-state index contributed by atoms with van der Waals surface area (Å²) in [6, 6.07) is 5.56. The molecule has 26 heavy (non-hydrogen) atoms. The summed E-state index contributed by atoms with van der Waals surface area (Å²) in [5.74, 6) is -2.33. The van der Waals surface area contributed by atoms with E-state index < -0.39 is 23.9 Å². The average Bonchev–Trinajstić information content (AvgIpc) is 2.59. The van der Waals surface area contributed by atoms with E-state index in [0.29, 0.717) is 12.1 Å². The average molecular weight is 364 g/mol. The Morgan fingerprint density at radius 1 is 0.962 bits per heavy atom. The molecule has 0 aliphatic rings. The molecule has 0 aliphatic heterocycles. The number of esters is 2. The lowest BCUT2D eigenvalue weighted by Crippen LogP contribution is -2.48. The van der Waals surface area contributed by atoms with Crippen LogP contribution in [0.15, 0.2) is 24.3 Å². The van der Waals surface area contributed by atoms with Crippen LogP contribution in [0.25, 0.3) is 0 Å². The number of anilines is 1. The van der Waals surface area contributed by atoms with Crippen molar-refractivity contribution in [2.45, 2.75) is 39.7 Å². The van der Waals surface area contributed by atoms with Crippen LogP contribution in [0.5, 0.6) is 0 Å². The third-order valence-corrected chi connectivity index (χ3v) is 3.26. The van der Waals surface area contributed by atoms with Gasteiger partial charge in [-0.2, -0.15) is 0 Å². The molecule has 0 bridgehead atoms. The highest BCUT2D eigenvalue weighted by molar-refractivity contribution is 6.02. The molecule has 0 fully saturated rings. The minimum atomic E-state index is -1.47. The van der Waals surface area contributed by atoms with Crippen LogP contribution in [0.3, 0.4) is 0 Å². The fourth-order valence-corrected chi connectivity index (χ4v) is 2.11. The van der Waals surface area contributed by atoms with Gasteiger partial charge in [0.15, 0.2) is 0 Å². The SMILES string of the molecule is CCOC(=O)C(NC(=O)CCc1ccc(NC(C)=O)cc1)C(=O)OCC. The molecular formula is C18H24N2O6. The maximum atomic E-state index is 12.1. The smallest absolute Gasteiger partial charge is 0.340 e. The van der Waals surface area contributed by atoms with Gasteiger partial charge in [-0.15, -0.1) is 0 Å². The molecule has 2 amide bonds. The molecule has 0 spiro atoms. The van der Waals surface area contributed by atoms with E-state index in [2.05, 4.69) is 10.6 Å². The summed E-state index contributed by atoms with van der Waals surface area (Å²) in [6.07, 6.45) is 0.485. The van der Waals surface area contributed by atoms with Gasteiger partial charge in [0.25, 0.3) is 0 Å². The van der Waals surface area contributed by atoms with Crippen molar-refractivity contribution in [3.05, 3.63) is 29.8 Å². The molecule has 2 N–H and O–H groups in total. The lowest BCUT2D eigenvalue weighted by atomic mass is 10.1. The Balaban J connectivity index is 2.60. The first-order chi connectivity index (χ1) is 12.4. The highest BCUT2D eigenvalue weighted by Gasteiger charge is 2.30. The van der Waals surface area contributed by atoms with E-state index in [1.54, 1.807) is 38.1 Å². The van der Waals surface area contributed by atoms with Crippen molar-refractivity contribution in [1.29, 1.82) is 0 Å². The van der Waals surface area contributed by atoms with Crippen molar-refractivity contribution in [3.8, 4) is 0 Å². The Kier molecular flexibility index (Phi) is 8.83. The van der Waals surface area contributed by atoms with Crippen molar-refractivity contribution in [2.75, 3.05) is 18.5 Å². The van der Waals surface area contributed by atoms with Crippen LogP contribution < -0.4 is 10.6 Å². The third-order valence-electron chi connectivity index (χ3n) is 3.26. The van der Waals surface area contributed by atoms with Crippen LogP contribution in [0.4, 0.5) is 5.69 Å². The molecule has 8 nitrogen and oxygen atoms in total. The van der Waals surface area contributed by atoms with Crippen LogP contribution in [-0.4, -0.2) is 43.0 Å². The van der Waals surface area contributed by atoms with Gasteiger partial charge in [-0.3, -0.25) is 9.59 Å². The van der Waals surface area contributed by atoms with Gasteiger partial charge in [-0.25, -0.2) is 9.59 Å². The number of hydrogen-bond donors (Lipinski definition) is 2. The summed E-state index contributed by atoms with van der Waals surface area (Å²) in [4.78, 5) is 46.7. The number of hydrogen-bond acceptors (Lipinski definition) is 6. The summed E-state index contributed by atoms with van der Waals surface area (Å²) in [7, 11) is 0. The number of benzene rings is 1. The molecule has 1 rings (SSSR count). The third kappa shape index (κ3) is 7.33. The molecular weight excluding hydrogens is 340 g/mol. The number of rotatable bonds is 9. The van der Waals surface area contributed by atoms with Crippen molar-refractivity contribution in [3.63, 3.8) is 0 Å². The maximum absolute atomic E-state index is 12.1. The molecule has 1 aromatic carbocycles. The molecule has 0 atom stereocenters. The quantitative estimate of drug-likeness (QED) is 0.503. The van der Waals surface area contributed by atoms with Crippen molar-refractivity contribution >= 4 is 29.4 Å². The standard InChI is InChI=1S/C18H24N2O6/c1-4-25-17(23)16(18(24)26-5-2)20-15(22)11-8-13-6-9-14(10-7-13)19-12(3)21/h6-7,9-10,16H,4-5,8,11H2,1-3H3,(H,19,21)(H,20,22). The number of carbonyl (C=O) groups is 4. The molecule has 0 radical (unpaired) electrons. The van der Waals surface area contributed by atoms with E-state index in [-0.39, 0.29) is 25.5 Å². The monoisotopic (exact) mass is 364 g/mol. The van der Waals surface area contributed by atoms with Gasteiger partial charge >= 0.3 is 11.9 Å². The van der Waals surface area contributed by atoms with Gasteiger partial charge < -0.3 is 20.1 Å². The molecule has 142 valence electrons. The molecule has 0 saturated heterocycles. The zero-order chi connectivity index (χ0) is 19.5. The summed E-state index contributed by atoms with van der Waals surface area (Å²) < 4.78 is 9.58. The Labute approximate surface area is 152 Å². The topological polar surface area (TPSA) is 111 Å². The Morgan fingerprint density at radius 2 is 1.50 bits per heavy atom. The maximum Gasteiger partial charge on any atom is 0.340 e. The van der Waals surface area contributed by atoms with Crippen LogP contribution in [0, 0.1) is 0 Å². The van der Waals surface area contributed by atoms with Gasteiger partial charge in [0.2, 0.25) is 17.9 Å². The Bertz CT molecular complexity index is 624. The number of amides is 2. The minimum Gasteiger partial charge on any atom is -0.464 e. The van der Waals surface area contributed by atoms with Gasteiger partial charge in [-0.05, 0) is 38.0 Å². The van der Waals surface area contributed by atoms with E-state index in [1.807, 2.05) is 0 Å². The summed E-state index contributed by atoms with van der Waals surface area (Å²) >= 11 is 0. The predicted molar refractivity (Wildman–Crippen MR) is 94.3 cm³/mol. The van der Waals surface area contributed by atoms with E-state index in [4.69, 9.17) is 9.47 Å². The second-order valence-electron chi connectivity index (χ2n) is 5.38. The molecule has 0 unspecified atom stereocenters. The molecule has 8 heteroatoms. The van der Waals surface area contributed by atoms with Gasteiger partial charge in [0.1, 0.15) is 0 Å². The van der Waals surface area contributed by atoms with Crippen molar-refractivity contribution in [2.24, 2.45) is 0 Å². The highest BCUT2D eigenvalue weighted by atomic mass is 16.6. The number of ether oxygens (including phenoxy) is 2. The van der Waals surface area contributed by atoms with E-state index in [1.165, 1.54) is 6.92 Å². The number of aryl methyl sites for hydroxylation is 1. The molecule has 1 aromatic rings.